The van der Waals surface area contributed by atoms with E-state index in [2.05, 4.69) is 31.5 Å². The van der Waals surface area contributed by atoms with Crippen LogP contribution in [0.25, 0.3) is 0 Å². The Labute approximate surface area is 166 Å². The van der Waals surface area contributed by atoms with Gasteiger partial charge in [-0.1, -0.05) is 0 Å². The lowest BCUT2D eigenvalue weighted by atomic mass is 9.88. The Balaban J connectivity index is 2.10. The molecule has 0 aromatic carbocycles. The van der Waals surface area contributed by atoms with Gasteiger partial charge < -0.3 is 20.1 Å². The number of carbonyl (C=O) groups excluding carboxylic acids is 1. The highest BCUT2D eigenvalue weighted by Crippen LogP contribution is 2.30. The van der Waals surface area contributed by atoms with Crippen LogP contribution in [-0.2, 0) is 9.47 Å². The van der Waals surface area contributed by atoms with Crippen LogP contribution in [0.2, 0.25) is 0 Å². The molecular weight excluding hydrogens is 420 g/mol. The number of hydrogen-bond donors (Lipinski definition) is 2. The summed E-state index contributed by atoms with van der Waals surface area (Å²) in [4.78, 5) is 26.8. The molecule has 1 aromatic heterocycles. The summed E-state index contributed by atoms with van der Waals surface area (Å²) in [6, 6.07) is 1.29. The third kappa shape index (κ3) is 6.62. The van der Waals surface area contributed by atoms with Crippen molar-refractivity contribution in [1.29, 1.82) is 0 Å². The average Bonchev–Trinajstić information content (AvgIpc) is 2.52. The normalized spacial score (nSPS) is 22.8. The molecule has 27 heavy (non-hydrogen) atoms. The van der Waals surface area contributed by atoms with Gasteiger partial charge in [-0.05, 0) is 56.0 Å². The van der Waals surface area contributed by atoms with Crippen LogP contribution in [0.4, 0.5) is 16.2 Å². The van der Waals surface area contributed by atoms with Gasteiger partial charge in [0.2, 0.25) is 0 Å². The highest BCUT2D eigenvalue weighted by atomic mass is 79.9. The maximum absolute atomic E-state index is 12.1. The second kappa shape index (κ2) is 8.83. The van der Waals surface area contributed by atoms with Crippen molar-refractivity contribution in [3.63, 3.8) is 0 Å². The zero-order chi connectivity index (χ0) is 20.2. The smallest absolute Gasteiger partial charge is 0.407 e. The number of anilines is 1. The van der Waals surface area contributed by atoms with E-state index in [9.17, 15) is 14.9 Å². The van der Waals surface area contributed by atoms with Gasteiger partial charge in [-0.3, -0.25) is 10.1 Å². The molecule has 9 nitrogen and oxygen atoms in total. The van der Waals surface area contributed by atoms with Crippen molar-refractivity contribution in [1.82, 2.24) is 10.3 Å². The highest BCUT2D eigenvalue weighted by molar-refractivity contribution is 9.10. The maximum Gasteiger partial charge on any atom is 0.407 e. The monoisotopic (exact) mass is 444 g/mol. The average molecular weight is 445 g/mol. The Morgan fingerprint density at radius 3 is 2.59 bits per heavy atom. The Morgan fingerprint density at radius 1 is 1.33 bits per heavy atom. The van der Waals surface area contributed by atoms with Crippen molar-refractivity contribution in [2.45, 2.75) is 63.8 Å². The molecule has 1 amide bonds. The Morgan fingerprint density at radius 2 is 2.00 bits per heavy atom. The number of methoxy groups -OCH3 is 1. The molecule has 1 heterocycles. The van der Waals surface area contributed by atoms with Crippen LogP contribution < -0.4 is 10.6 Å². The number of nitrogens with one attached hydrogen (secondary N) is 2. The minimum atomic E-state index is -0.582. The molecule has 1 saturated carbocycles. The van der Waals surface area contributed by atoms with Gasteiger partial charge in [0.05, 0.1) is 11.0 Å². The molecule has 1 fully saturated rings. The second-order valence-electron chi connectivity index (χ2n) is 7.53. The van der Waals surface area contributed by atoms with Gasteiger partial charge in [0.25, 0.3) is 0 Å². The molecule has 10 heteroatoms. The number of ether oxygens (including phenoxy) is 2. The largest absolute Gasteiger partial charge is 0.444 e. The molecule has 0 bridgehead atoms. The van der Waals surface area contributed by atoms with E-state index in [0.29, 0.717) is 29.6 Å². The molecular formula is C17H25BrN4O5. The number of rotatable bonds is 5. The summed E-state index contributed by atoms with van der Waals surface area (Å²) in [5.41, 5.74) is -0.310. The number of alkyl carbamates (subject to hydrolysis) is 1. The molecule has 1 aliphatic carbocycles. The third-order valence-electron chi connectivity index (χ3n) is 4.12. The summed E-state index contributed by atoms with van der Waals surface area (Å²) in [5, 5.41) is 17.3. The fourth-order valence-corrected chi connectivity index (χ4v) is 3.40. The van der Waals surface area contributed by atoms with Crippen molar-refractivity contribution in [3.8, 4) is 0 Å². The molecule has 0 aliphatic heterocycles. The molecule has 0 unspecified atom stereocenters. The van der Waals surface area contributed by atoms with Crippen LogP contribution >= 0.6 is 15.9 Å². The first-order valence-corrected chi connectivity index (χ1v) is 9.45. The number of halogens is 1. The summed E-state index contributed by atoms with van der Waals surface area (Å²) in [5.74, 6) is 0. The molecule has 3 atom stereocenters. The van der Waals surface area contributed by atoms with Gasteiger partial charge in [0, 0.05) is 25.3 Å². The quantitative estimate of drug-likeness (QED) is 0.404. The van der Waals surface area contributed by atoms with Gasteiger partial charge in [-0.25, -0.2) is 9.78 Å². The molecule has 150 valence electrons. The first-order chi connectivity index (χ1) is 12.6. The fraction of sp³-hybridized carbons (Fsp3) is 0.647. The molecule has 0 spiro atoms. The number of hydrogen-bond acceptors (Lipinski definition) is 7. The number of amides is 1. The Hall–Kier alpha value is -1.94. The number of nitro groups is 1. The van der Waals surface area contributed by atoms with Crippen LogP contribution in [0, 0.1) is 10.1 Å². The van der Waals surface area contributed by atoms with E-state index in [1.54, 1.807) is 33.9 Å². The maximum atomic E-state index is 12.1. The molecule has 1 aliphatic rings. The topological polar surface area (TPSA) is 116 Å². The van der Waals surface area contributed by atoms with E-state index in [-0.39, 0.29) is 23.9 Å². The van der Waals surface area contributed by atoms with Crippen LogP contribution in [0.15, 0.2) is 16.9 Å². The zero-order valence-electron chi connectivity index (χ0n) is 15.8. The molecule has 2 rings (SSSR count). The predicted octanol–water partition coefficient (Wildman–Crippen LogP) is 3.63. The second-order valence-corrected chi connectivity index (χ2v) is 8.34. The van der Waals surface area contributed by atoms with E-state index in [0.717, 1.165) is 0 Å². The predicted molar refractivity (Wildman–Crippen MR) is 104 cm³/mol. The van der Waals surface area contributed by atoms with Gasteiger partial charge >= 0.3 is 11.8 Å². The van der Waals surface area contributed by atoms with Crippen molar-refractivity contribution < 1.29 is 19.2 Å². The Bertz CT molecular complexity index is 694. The molecule has 1 aromatic rings. The van der Waals surface area contributed by atoms with E-state index >= 15 is 0 Å². The summed E-state index contributed by atoms with van der Waals surface area (Å²) >= 11 is 3.24. The third-order valence-corrected chi connectivity index (χ3v) is 4.56. The number of aromatic nitrogens is 1. The molecule has 2 N–H and O–H groups in total. The zero-order valence-corrected chi connectivity index (χ0v) is 17.4. The van der Waals surface area contributed by atoms with E-state index in [4.69, 9.17) is 9.47 Å². The molecule has 0 radical (unpaired) electrons. The lowest BCUT2D eigenvalue weighted by Crippen LogP contribution is -2.47. The lowest BCUT2D eigenvalue weighted by molar-refractivity contribution is -0.384. The number of nitrogens with zero attached hydrogens (tertiary/aromatic N) is 2. The Kier molecular flexibility index (Phi) is 6.99. The van der Waals surface area contributed by atoms with Gasteiger partial charge in [-0.15, -0.1) is 0 Å². The van der Waals surface area contributed by atoms with E-state index < -0.39 is 16.6 Å². The van der Waals surface area contributed by atoms with Gasteiger partial charge in [0.15, 0.2) is 0 Å². The summed E-state index contributed by atoms with van der Waals surface area (Å²) < 4.78 is 11.3. The van der Waals surface area contributed by atoms with Crippen LogP contribution in [0.5, 0.6) is 0 Å². The van der Waals surface area contributed by atoms with Crippen molar-refractivity contribution in [2.24, 2.45) is 0 Å². The van der Waals surface area contributed by atoms with E-state index in [1.165, 1.54) is 6.20 Å². The lowest BCUT2D eigenvalue weighted by Gasteiger charge is -2.35. The minimum Gasteiger partial charge on any atom is -0.444 e. The summed E-state index contributed by atoms with van der Waals surface area (Å²) in [7, 11) is 1.61. The summed E-state index contributed by atoms with van der Waals surface area (Å²) in [6.07, 6.45) is 2.55. The first kappa shape index (κ1) is 21.4. The van der Waals surface area contributed by atoms with Crippen molar-refractivity contribution in [3.05, 3.63) is 27.0 Å². The number of pyridine rings is 1. The molecule has 0 saturated heterocycles. The fourth-order valence-electron chi connectivity index (χ4n) is 3.07. The standard InChI is InChI=1S/C17H25BrN4O5/c1-17(2,3)27-16(23)21-11-5-10(6-12(7-11)26-4)20-13-8-15(18)19-9-14(13)22(24)25/h8-12H,5-7H2,1-4H3,(H,19,20)(H,21,23)/t10-,11+,12-/m1/s1. The highest BCUT2D eigenvalue weighted by Gasteiger charge is 2.32. The van der Waals surface area contributed by atoms with Gasteiger partial charge in [0.1, 0.15) is 22.1 Å². The van der Waals surface area contributed by atoms with Crippen LogP contribution in [0.1, 0.15) is 40.0 Å². The SMILES string of the molecule is CO[C@H]1C[C@@H](NC(=O)OC(C)(C)C)C[C@@H](Nc2cc(Br)ncc2[N+](=O)[O-])C1. The number of carbonyl (C=O) groups is 1. The van der Waals surface area contributed by atoms with Crippen molar-refractivity contribution >= 4 is 33.4 Å². The van der Waals surface area contributed by atoms with Gasteiger partial charge in [-0.2, -0.15) is 0 Å². The first-order valence-electron chi connectivity index (χ1n) is 8.66. The van der Waals surface area contributed by atoms with E-state index in [1.807, 2.05) is 0 Å². The van der Waals surface area contributed by atoms with Crippen LogP contribution in [0.3, 0.4) is 0 Å². The van der Waals surface area contributed by atoms with Crippen molar-refractivity contribution in [2.75, 3.05) is 12.4 Å². The van der Waals surface area contributed by atoms with Crippen LogP contribution in [-0.4, -0.2) is 46.9 Å². The minimum absolute atomic E-state index is 0.0829. The summed E-state index contributed by atoms with van der Waals surface area (Å²) in [6.45, 7) is 5.41.